The number of ketones is 2. The van der Waals surface area contributed by atoms with Crippen molar-refractivity contribution in [2.75, 3.05) is 0 Å². The van der Waals surface area contributed by atoms with Gasteiger partial charge in [0.15, 0.2) is 23.3 Å². The zero-order chi connectivity index (χ0) is 14.8. The molecule has 0 amide bonds. The molecule has 21 heavy (non-hydrogen) atoms. The van der Waals surface area contributed by atoms with E-state index in [4.69, 9.17) is 9.47 Å². The Bertz CT molecular complexity index is 681. The molecular weight excluding hydrogens is 272 g/mol. The van der Waals surface area contributed by atoms with Gasteiger partial charge in [0.25, 0.3) is 0 Å². The van der Waals surface area contributed by atoms with Crippen molar-refractivity contribution in [1.82, 2.24) is 0 Å². The van der Waals surface area contributed by atoms with E-state index in [0.717, 1.165) is 5.57 Å². The number of carbonyl (C=O) groups is 3. The summed E-state index contributed by atoms with van der Waals surface area (Å²) in [6, 6.07) is 0. The van der Waals surface area contributed by atoms with Crippen LogP contribution in [-0.4, -0.2) is 35.3 Å². The Balaban J connectivity index is 1.87. The summed E-state index contributed by atoms with van der Waals surface area (Å²) in [5.41, 5.74) is 0.847. The first kappa shape index (κ1) is 12.7. The first-order chi connectivity index (χ1) is 10.0. The van der Waals surface area contributed by atoms with E-state index >= 15 is 0 Å². The van der Waals surface area contributed by atoms with E-state index < -0.39 is 23.8 Å². The standard InChI is InChI=1S/C16H14O5/c1-8-3-2-6-16-14(21-16)13(20-15(16)19)12-9(7-8)10(17)4-5-11(12)18/h3-5,13-14H,2,6-7H2,1H3/b8-3-/t13-,14-,16-/m1/s1. The number of ether oxygens (including phenoxy) is 2. The van der Waals surface area contributed by atoms with E-state index in [0.29, 0.717) is 30.4 Å². The van der Waals surface area contributed by atoms with Gasteiger partial charge in [-0.25, -0.2) is 4.79 Å². The minimum absolute atomic E-state index is 0.188. The summed E-state index contributed by atoms with van der Waals surface area (Å²) in [6.07, 6.45) is 5.05. The van der Waals surface area contributed by atoms with Gasteiger partial charge in [0, 0.05) is 5.57 Å². The number of hydrogen-bond acceptors (Lipinski definition) is 5. The highest BCUT2D eigenvalue weighted by Gasteiger charge is 2.73. The topological polar surface area (TPSA) is 73.0 Å². The van der Waals surface area contributed by atoms with Gasteiger partial charge in [-0.2, -0.15) is 0 Å². The van der Waals surface area contributed by atoms with Crippen molar-refractivity contribution in [2.45, 2.75) is 44.0 Å². The molecule has 2 fully saturated rings. The van der Waals surface area contributed by atoms with Gasteiger partial charge in [-0.15, -0.1) is 0 Å². The lowest BCUT2D eigenvalue weighted by atomic mass is 9.84. The molecule has 2 aliphatic carbocycles. The Labute approximate surface area is 121 Å². The molecule has 0 aromatic carbocycles. The Kier molecular flexibility index (Phi) is 2.43. The predicted molar refractivity (Wildman–Crippen MR) is 71.3 cm³/mol. The first-order valence-electron chi connectivity index (χ1n) is 7.07. The van der Waals surface area contributed by atoms with E-state index in [9.17, 15) is 14.4 Å². The van der Waals surface area contributed by atoms with Crippen LogP contribution in [0.3, 0.4) is 0 Å². The number of fused-ring (bicyclic) bond motifs is 1. The summed E-state index contributed by atoms with van der Waals surface area (Å²) >= 11 is 0. The lowest BCUT2D eigenvalue weighted by Crippen LogP contribution is -2.29. The second kappa shape index (κ2) is 4.01. The van der Waals surface area contributed by atoms with Gasteiger partial charge in [-0.3, -0.25) is 9.59 Å². The van der Waals surface area contributed by atoms with Crippen LogP contribution in [0.2, 0.25) is 0 Å². The number of carbonyl (C=O) groups excluding carboxylic acids is 3. The first-order valence-corrected chi connectivity index (χ1v) is 7.07. The number of rotatable bonds is 0. The summed E-state index contributed by atoms with van der Waals surface area (Å²) in [5.74, 6) is -0.860. The van der Waals surface area contributed by atoms with Gasteiger partial charge in [0.05, 0.1) is 5.57 Å². The average Bonchev–Trinajstić information content (AvgIpc) is 3.11. The lowest BCUT2D eigenvalue weighted by Gasteiger charge is -2.20. The Morgan fingerprint density at radius 2 is 1.95 bits per heavy atom. The van der Waals surface area contributed by atoms with Crippen LogP contribution in [0.4, 0.5) is 0 Å². The number of allylic oxidation sites excluding steroid dienone is 5. The largest absolute Gasteiger partial charge is 0.452 e. The maximum Gasteiger partial charge on any atom is 0.342 e. The third-order valence-electron chi connectivity index (χ3n) is 4.62. The van der Waals surface area contributed by atoms with Crippen LogP contribution < -0.4 is 0 Å². The van der Waals surface area contributed by atoms with Crippen LogP contribution >= 0.6 is 0 Å². The molecule has 2 aliphatic heterocycles. The van der Waals surface area contributed by atoms with Crippen molar-refractivity contribution in [3.63, 3.8) is 0 Å². The highest BCUT2D eigenvalue weighted by molar-refractivity contribution is 6.21. The summed E-state index contributed by atoms with van der Waals surface area (Å²) in [4.78, 5) is 36.5. The molecule has 3 atom stereocenters. The van der Waals surface area contributed by atoms with E-state index in [-0.39, 0.29) is 11.6 Å². The van der Waals surface area contributed by atoms with Gasteiger partial charge in [0.2, 0.25) is 0 Å². The third-order valence-corrected chi connectivity index (χ3v) is 4.62. The van der Waals surface area contributed by atoms with Gasteiger partial charge < -0.3 is 9.47 Å². The SMILES string of the molecule is C/C1=C/CC[C@@]23O[C@@H]2[C@H](OC3=O)C2=C(C1)C(=O)C=CC2=O. The second-order valence-corrected chi connectivity index (χ2v) is 5.97. The normalized spacial score (nSPS) is 40.2. The fraction of sp³-hybridized carbons (Fsp3) is 0.438. The third kappa shape index (κ3) is 1.64. The maximum atomic E-state index is 12.2. The molecule has 2 bridgehead atoms. The average molecular weight is 286 g/mol. The molecule has 2 heterocycles. The quantitative estimate of drug-likeness (QED) is 0.289. The number of hydrogen-bond donors (Lipinski definition) is 0. The summed E-state index contributed by atoms with van der Waals surface area (Å²) in [5, 5.41) is 0. The van der Waals surface area contributed by atoms with Crippen LogP contribution in [0.1, 0.15) is 26.2 Å². The van der Waals surface area contributed by atoms with Crippen LogP contribution in [-0.2, 0) is 23.9 Å². The molecule has 4 rings (SSSR count). The molecule has 0 aromatic rings. The highest BCUT2D eigenvalue weighted by atomic mass is 16.7. The maximum absolute atomic E-state index is 12.2. The van der Waals surface area contributed by atoms with Gasteiger partial charge in [-0.05, 0) is 38.3 Å². The molecule has 4 aliphatic rings. The summed E-state index contributed by atoms with van der Waals surface area (Å²) in [7, 11) is 0. The van der Waals surface area contributed by atoms with E-state index in [1.54, 1.807) is 0 Å². The number of esters is 1. The van der Waals surface area contributed by atoms with Crippen molar-refractivity contribution in [3.8, 4) is 0 Å². The Hall–Kier alpha value is -2.01. The van der Waals surface area contributed by atoms with Crippen LogP contribution in [0.25, 0.3) is 0 Å². The minimum atomic E-state index is -0.901. The van der Waals surface area contributed by atoms with Gasteiger partial charge in [-0.1, -0.05) is 11.6 Å². The number of epoxide rings is 1. The van der Waals surface area contributed by atoms with E-state index in [2.05, 4.69) is 0 Å². The van der Waals surface area contributed by atoms with Crippen molar-refractivity contribution in [3.05, 3.63) is 34.9 Å². The van der Waals surface area contributed by atoms with Gasteiger partial charge >= 0.3 is 5.97 Å². The van der Waals surface area contributed by atoms with Crippen molar-refractivity contribution in [2.24, 2.45) is 0 Å². The monoisotopic (exact) mass is 286 g/mol. The molecule has 0 unspecified atom stereocenters. The molecule has 0 radical (unpaired) electrons. The van der Waals surface area contributed by atoms with Crippen LogP contribution in [0.15, 0.2) is 34.9 Å². The van der Waals surface area contributed by atoms with E-state index in [1.807, 2.05) is 13.0 Å². The molecule has 5 heteroatoms. The zero-order valence-corrected chi connectivity index (χ0v) is 11.5. The van der Waals surface area contributed by atoms with E-state index in [1.165, 1.54) is 12.2 Å². The Morgan fingerprint density at radius 1 is 1.19 bits per heavy atom. The smallest absolute Gasteiger partial charge is 0.342 e. The predicted octanol–water partition coefficient (Wildman–Crippen LogP) is 1.18. The van der Waals surface area contributed by atoms with Gasteiger partial charge in [0.1, 0.15) is 6.10 Å². The highest BCUT2D eigenvalue weighted by Crippen LogP contribution is 2.53. The van der Waals surface area contributed by atoms with Crippen LogP contribution in [0.5, 0.6) is 0 Å². The van der Waals surface area contributed by atoms with Crippen molar-refractivity contribution < 1.29 is 23.9 Å². The minimum Gasteiger partial charge on any atom is -0.452 e. The molecule has 0 aromatic heterocycles. The molecule has 0 saturated carbocycles. The molecular formula is C16H14O5. The van der Waals surface area contributed by atoms with Crippen molar-refractivity contribution >= 4 is 17.5 Å². The zero-order valence-electron chi connectivity index (χ0n) is 11.5. The van der Waals surface area contributed by atoms with Crippen molar-refractivity contribution in [1.29, 1.82) is 0 Å². The molecule has 5 nitrogen and oxygen atoms in total. The van der Waals surface area contributed by atoms with Crippen LogP contribution in [0, 0.1) is 0 Å². The second-order valence-electron chi connectivity index (χ2n) is 5.97. The summed E-state index contributed by atoms with van der Waals surface area (Å²) < 4.78 is 11.0. The fourth-order valence-electron chi connectivity index (χ4n) is 3.46. The lowest BCUT2D eigenvalue weighted by molar-refractivity contribution is -0.152. The molecule has 108 valence electrons. The molecule has 2 saturated heterocycles. The Morgan fingerprint density at radius 3 is 2.71 bits per heavy atom. The summed E-state index contributed by atoms with van der Waals surface area (Å²) in [6.45, 7) is 1.93. The fourth-order valence-corrected chi connectivity index (χ4v) is 3.46. The molecule has 0 spiro atoms. The molecule has 0 N–H and O–H groups in total.